The van der Waals surface area contributed by atoms with Gasteiger partial charge in [-0.25, -0.2) is 4.99 Å². The molecule has 0 atom stereocenters. The van der Waals surface area contributed by atoms with Crippen LogP contribution in [0.5, 0.6) is 0 Å². The predicted molar refractivity (Wildman–Crippen MR) is 71.8 cm³/mol. The molecule has 1 aromatic rings. The third kappa shape index (κ3) is 4.57. The number of aliphatic imine (C=N–C) groups is 1. The molecule has 0 saturated carbocycles. The number of nitrogens with two attached hydrogens (primary N) is 1. The zero-order valence-electron chi connectivity index (χ0n) is 10.0. The first-order valence-corrected chi connectivity index (χ1v) is 6.53. The highest BCUT2D eigenvalue weighted by Crippen LogP contribution is 2.15. The topological polar surface area (TPSA) is 50.4 Å². The van der Waals surface area contributed by atoms with E-state index in [-0.39, 0.29) is 0 Å². The maximum absolute atomic E-state index is 5.71. The van der Waals surface area contributed by atoms with Crippen molar-refractivity contribution in [2.24, 2.45) is 10.7 Å². The molecule has 0 amide bonds. The van der Waals surface area contributed by atoms with Crippen molar-refractivity contribution in [1.82, 2.24) is 5.32 Å². The number of guanidine groups is 1. The Bertz CT molecular complexity index is 344. The van der Waals surface area contributed by atoms with E-state index in [1.165, 1.54) is 10.5 Å². The van der Waals surface area contributed by atoms with Crippen molar-refractivity contribution in [1.29, 1.82) is 0 Å². The molecule has 0 spiro atoms. The minimum absolute atomic E-state index is 0.322. The van der Waals surface area contributed by atoms with Gasteiger partial charge in [0.15, 0.2) is 5.96 Å². The molecule has 0 aliphatic carbocycles. The van der Waals surface area contributed by atoms with Crippen LogP contribution in [0, 0.1) is 0 Å². The Morgan fingerprint density at radius 1 is 1.38 bits per heavy atom. The SMILES string of the molecule is CSc1ccc(CN=C(N)NC(C)C)cc1. The number of hydrogen-bond acceptors (Lipinski definition) is 2. The van der Waals surface area contributed by atoms with Crippen LogP contribution in [-0.4, -0.2) is 18.3 Å². The van der Waals surface area contributed by atoms with Gasteiger partial charge in [0, 0.05) is 10.9 Å². The summed E-state index contributed by atoms with van der Waals surface area (Å²) < 4.78 is 0. The lowest BCUT2D eigenvalue weighted by Gasteiger charge is -2.08. The predicted octanol–water partition coefficient (Wildman–Crippen LogP) is 2.22. The van der Waals surface area contributed by atoms with Crippen LogP contribution in [0.1, 0.15) is 19.4 Å². The molecule has 0 unspecified atom stereocenters. The Labute approximate surface area is 102 Å². The highest BCUT2D eigenvalue weighted by atomic mass is 32.2. The summed E-state index contributed by atoms with van der Waals surface area (Å²) in [4.78, 5) is 5.53. The Balaban J connectivity index is 2.53. The first kappa shape index (κ1) is 12.9. The summed E-state index contributed by atoms with van der Waals surface area (Å²) in [5.41, 5.74) is 6.89. The number of nitrogens with one attached hydrogen (secondary N) is 1. The van der Waals surface area contributed by atoms with Crippen LogP contribution in [-0.2, 0) is 6.54 Å². The molecule has 3 N–H and O–H groups in total. The molecule has 1 aromatic carbocycles. The summed E-state index contributed by atoms with van der Waals surface area (Å²) in [5.74, 6) is 0.504. The standard InChI is InChI=1S/C12H19N3S/c1-9(2)15-12(13)14-8-10-4-6-11(16-3)7-5-10/h4-7,9H,8H2,1-3H3,(H3,13,14,15). The first-order chi connectivity index (χ1) is 7.61. The molecule has 88 valence electrons. The lowest BCUT2D eigenvalue weighted by molar-refractivity contribution is 0.723. The Morgan fingerprint density at radius 3 is 2.50 bits per heavy atom. The molecule has 0 aliphatic rings. The fourth-order valence-electron chi connectivity index (χ4n) is 1.25. The van der Waals surface area contributed by atoms with Gasteiger partial charge in [-0.05, 0) is 37.8 Å². The molecule has 0 heterocycles. The van der Waals surface area contributed by atoms with Crippen LogP contribution in [0.2, 0.25) is 0 Å². The largest absolute Gasteiger partial charge is 0.370 e. The Hall–Kier alpha value is -1.16. The van der Waals surface area contributed by atoms with E-state index in [9.17, 15) is 0 Å². The molecule has 0 fully saturated rings. The van der Waals surface area contributed by atoms with Crippen molar-refractivity contribution in [3.05, 3.63) is 29.8 Å². The van der Waals surface area contributed by atoms with Gasteiger partial charge in [-0.3, -0.25) is 0 Å². The van der Waals surface area contributed by atoms with Gasteiger partial charge in [0.1, 0.15) is 0 Å². The number of benzene rings is 1. The van der Waals surface area contributed by atoms with Gasteiger partial charge in [-0.2, -0.15) is 0 Å². The van der Waals surface area contributed by atoms with E-state index in [1.54, 1.807) is 11.8 Å². The minimum Gasteiger partial charge on any atom is -0.370 e. The van der Waals surface area contributed by atoms with Crippen molar-refractivity contribution in [3.8, 4) is 0 Å². The minimum atomic E-state index is 0.322. The summed E-state index contributed by atoms with van der Waals surface area (Å²) >= 11 is 1.74. The summed E-state index contributed by atoms with van der Waals surface area (Å²) in [6.07, 6.45) is 2.07. The van der Waals surface area contributed by atoms with E-state index < -0.39 is 0 Å². The number of nitrogens with zero attached hydrogens (tertiary/aromatic N) is 1. The van der Waals surface area contributed by atoms with E-state index in [2.05, 4.69) is 40.8 Å². The van der Waals surface area contributed by atoms with Crippen molar-refractivity contribution >= 4 is 17.7 Å². The average Bonchev–Trinajstić information content (AvgIpc) is 2.26. The first-order valence-electron chi connectivity index (χ1n) is 5.31. The summed E-state index contributed by atoms with van der Waals surface area (Å²) in [6.45, 7) is 4.70. The summed E-state index contributed by atoms with van der Waals surface area (Å²) in [6, 6.07) is 8.68. The van der Waals surface area contributed by atoms with E-state index >= 15 is 0 Å². The fraction of sp³-hybridized carbons (Fsp3) is 0.417. The lowest BCUT2D eigenvalue weighted by Crippen LogP contribution is -2.36. The van der Waals surface area contributed by atoms with Crippen LogP contribution in [0.25, 0.3) is 0 Å². The van der Waals surface area contributed by atoms with Gasteiger partial charge in [0.05, 0.1) is 6.54 Å². The van der Waals surface area contributed by atoms with E-state index in [0.29, 0.717) is 18.5 Å². The van der Waals surface area contributed by atoms with Crippen LogP contribution in [0.15, 0.2) is 34.2 Å². The maximum atomic E-state index is 5.71. The molecule has 1 rings (SSSR count). The normalized spacial score (nSPS) is 11.9. The number of hydrogen-bond donors (Lipinski definition) is 2. The average molecular weight is 237 g/mol. The van der Waals surface area contributed by atoms with Crippen LogP contribution < -0.4 is 11.1 Å². The highest BCUT2D eigenvalue weighted by Gasteiger charge is 1.96. The monoisotopic (exact) mass is 237 g/mol. The van der Waals surface area contributed by atoms with Gasteiger partial charge in [-0.15, -0.1) is 11.8 Å². The maximum Gasteiger partial charge on any atom is 0.189 e. The third-order valence-corrected chi connectivity index (χ3v) is 2.77. The van der Waals surface area contributed by atoms with E-state index in [4.69, 9.17) is 5.73 Å². The quantitative estimate of drug-likeness (QED) is 0.479. The molecule has 0 radical (unpaired) electrons. The van der Waals surface area contributed by atoms with Crippen molar-refractivity contribution in [2.45, 2.75) is 31.3 Å². The van der Waals surface area contributed by atoms with Gasteiger partial charge < -0.3 is 11.1 Å². The molecule has 4 heteroatoms. The van der Waals surface area contributed by atoms with Crippen molar-refractivity contribution < 1.29 is 0 Å². The lowest BCUT2D eigenvalue weighted by atomic mass is 10.2. The fourth-order valence-corrected chi connectivity index (χ4v) is 1.66. The second-order valence-corrected chi connectivity index (χ2v) is 4.73. The van der Waals surface area contributed by atoms with Gasteiger partial charge in [0.25, 0.3) is 0 Å². The molecule has 0 aromatic heterocycles. The van der Waals surface area contributed by atoms with Crippen LogP contribution in [0.4, 0.5) is 0 Å². The molecular weight excluding hydrogens is 218 g/mol. The van der Waals surface area contributed by atoms with Gasteiger partial charge in [0.2, 0.25) is 0 Å². The van der Waals surface area contributed by atoms with Crippen molar-refractivity contribution in [2.75, 3.05) is 6.26 Å². The Morgan fingerprint density at radius 2 is 2.00 bits per heavy atom. The van der Waals surface area contributed by atoms with Crippen molar-refractivity contribution in [3.63, 3.8) is 0 Å². The molecule has 0 saturated heterocycles. The zero-order valence-corrected chi connectivity index (χ0v) is 10.8. The highest BCUT2D eigenvalue weighted by molar-refractivity contribution is 7.98. The summed E-state index contributed by atoms with van der Waals surface area (Å²) in [5, 5.41) is 3.06. The molecular formula is C12H19N3S. The number of rotatable bonds is 4. The van der Waals surface area contributed by atoms with E-state index in [1.807, 2.05) is 13.8 Å². The smallest absolute Gasteiger partial charge is 0.189 e. The summed E-state index contributed by atoms with van der Waals surface area (Å²) in [7, 11) is 0. The van der Waals surface area contributed by atoms with Gasteiger partial charge >= 0.3 is 0 Å². The molecule has 3 nitrogen and oxygen atoms in total. The van der Waals surface area contributed by atoms with Crippen LogP contribution in [0.3, 0.4) is 0 Å². The second-order valence-electron chi connectivity index (χ2n) is 3.85. The van der Waals surface area contributed by atoms with Gasteiger partial charge in [-0.1, -0.05) is 12.1 Å². The zero-order chi connectivity index (χ0) is 12.0. The molecule has 16 heavy (non-hydrogen) atoms. The number of thioether (sulfide) groups is 1. The third-order valence-electron chi connectivity index (χ3n) is 2.03. The molecule has 0 aliphatic heterocycles. The Kier molecular flexibility index (Phi) is 5.19. The van der Waals surface area contributed by atoms with E-state index in [0.717, 1.165) is 0 Å². The molecule has 0 bridgehead atoms. The van der Waals surface area contributed by atoms with Crippen LogP contribution >= 0.6 is 11.8 Å². The second kappa shape index (κ2) is 6.43.